The molecule has 0 heterocycles. The molecule has 2 aromatic carbocycles. The number of carbonyl (C=O) groups is 2. The Morgan fingerprint density at radius 2 is 1.80 bits per heavy atom. The van der Waals surface area contributed by atoms with E-state index in [1.807, 2.05) is 38.1 Å². The van der Waals surface area contributed by atoms with Crippen LogP contribution in [0.15, 0.2) is 48.5 Å². The van der Waals surface area contributed by atoms with Gasteiger partial charge in [0.25, 0.3) is 5.91 Å². The number of esters is 1. The quantitative estimate of drug-likeness (QED) is 0.774. The van der Waals surface area contributed by atoms with Gasteiger partial charge < -0.3 is 14.8 Å². The molecule has 5 heteroatoms. The van der Waals surface area contributed by atoms with Crippen molar-refractivity contribution in [1.29, 1.82) is 0 Å². The Balaban J connectivity index is 2.05. The number of anilines is 1. The van der Waals surface area contributed by atoms with Crippen molar-refractivity contribution < 1.29 is 19.1 Å². The van der Waals surface area contributed by atoms with E-state index < -0.39 is 12.1 Å². The molecule has 0 saturated carbocycles. The van der Waals surface area contributed by atoms with Crippen LogP contribution in [0.1, 0.15) is 36.2 Å². The lowest BCUT2D eigenvalue weighted by atomic mass is 10.2. The zero-order valence-electron chi connectivity index (χ0n) is 14.7. The Labute approximate surface area is 148 Å². The van der Waals surface area contributed by atoms with Crippen LogP contribution < -0.4 is 10.1 Å². The fourth-order valence-electron chi connectivity index (χ4n) is 2.26. The summed E-state index contributed by atoms with van der Waals surface area (Å²) in [7, 11) is 0. The molecule has 0 fully saturated rings. The van der Waals surface area contributed by atoms with E-state index in [1.165, 1.54) is 0 Å². The van der Waals surface area contributed by atoms with Gasteiger partial charge in [0.2, 0.25) is 0 Å². The number of aryl methyl sites for hydroxylation is 1. The average molecular weight is 341 g/mol. The van der Waals surface area contributed by atoms with Crippen molar-refractivity contribution in [3.05, 3.63) is 59.7 Å². The van der Waals surface area contributed by atoms with Crippen LogP contribution in [-0.2, 0) is 9.53 Å². The summed E-state index contributed by atoms with van der Waals surface area (Å²) in [5, 5.41) is 2.79. The largest absolute Gasteiger partial charge is 0.481 e. The zero-order valence-corrected chi connectivity index (χ0v) is 14.7. The fraction of sp³-hybridized carbons (Fsp3) is 0.300. The molecule has 25 heavy (non-hydrogen) atoms. The lowest BCUT2D eigenvalue weighted by Gasteiger charge is -2.17. The summed E-state index contributed by atoms with van der Waals surface area (Å²) in [4.78, 5) is 24.3. The normalized spacial score (nSPS) is 11.5. The van der Waals surface area contributed by atoms with Crippen LogP contribution in [0.2, 0.25) is 0 Å². The maximum atomic E-state index is 12.5. The molecule has 1 amide bonds. The minimum Gasteiger partial charge on any atom is -0.481 e. The molecule has 2 rings (SSSR count). The molecular formula is C20H23NO4. The van der Waals surface area contributed by atoms with Gasteiger partial charge in [0.05, 0.1) is 12.2 Å². The molecule has 0 aromatic heterocycles. The Hall–Kier alpha value is -2.82. The highest BCUT2D eigenvalue weighted by atomic mass is 16.5. The van der Waals surface area contributed by atoms with Crippen molar-refractivity contribution in [3.8, 4) is 5.75 Å². The molecule has 0 spiro atoms. The van der Waals surface area contributed by atoms with Crippen molar-refractivity contribution in [2.45, 2.75) is 33.3 Å². The molecule has 5 nitrogen and oxygen atoms in total. The molecule has 0 aliphatic rings. The van der Waals surface area contributed by atoms with E-state index in [-0.39, 0.29) is 5.91 Å². The minimum atomic E-state index is -0.617. The number of nitrogens with one attached hydrogen (secondary N) is 1. The number of benzene rings is 2. The highest BCUT2D eigenvalue weighted by molar-refractivity contribution is 5.96. The first-order valence-electron chi connectivity index (χ1n) is 8.34. The highest BCUT2D eigenvalue weighted by Gasteiger charge is 2.19. The first kappa shape index (κ1) is 18.5. The van der Waals surface area contributed by atoms with Crippen molar-refractivity contribution in [2.75, 3.05) is 11.9 Å². The molecule has 0 unspecified atom stereocenters. The molecular weight excluding hydrogens is 318 g/mol. The molecule has 132 valence electrons. The van der Waals surface area contributed by atoms with Crippen LogP contribution in [0.4, 0.5) is 5.69 Å². The molecule has 0 bridgehead atoms. The zero-order chi connectivity index (χ0) is 18.2. The second-order valence-corrected chi connectivity index (χ2v) is 5.62. The van der Waals surface area contributed by atoms with Gasteiger partial charge in [-0.05, 0) is 50.6 Å². The van der Waals surface area contributed by atoms with Gasteiger partial charge in [0.15, 0.2) is 6.10 Å². The standard InChI is InChI=1S/C20H23NO4/c1-4-18(25-17-11-9-14(3)10-12-17)19(22)21-16-8-6-7-15(13-16)20(23)24-5-2/h6-13,18H,4-5H2,1-3H3,(H,21,22)/t18-/m1/s1. The van der Waals surface area contributed by atoms with Gasteiger partial charge in [-0.1, -0.05) is 30.7 Å². The van der Waals surface area contributed by atoms with Gasteiger partial charge in [-0.2, -0.15) is 0 Å². The average Bonchev–Trinajstić information content (AvgIpc) is 2.61. The maximum absolute atomic E-state index is 12.5. The van der Waals surface area contributed by atoms with E-state index in [1.54, 1.807) is 31.2 Å². The van der Waals surface area contributed by atoms with Crippen LogP contribution in [0, 0.1) is 6.92 Å². The van der Waals surface area contributed by atoms with Crippen LogP contribution in [0.3, 0.4) is 0 Å². The Kier molecular flexibility index (Phi) is 6.57. The molecule has 1 atom stereocenters. The number of amides is 1. The van der Waals surface area contributed by atoms with Gasteiger partial charge in [-0.15, -0.1) is 0 Å². The van der Waals surface area contributed by atoms with Gasteiger partial charge in [0, 0.05) is 5.69 Å². The third-order valence-corrected chi connectivity index (χ3v) is 3.60. The van der Waals surface area contributed by atoms with Gasteiger partial charge in [0.1, 0.15) is 5.75 Å². The van der Waals surface area contributed by atoms with E-state index in [4.69, 9.17) is 9.47 Å². The Bertz CT molecular complexity index is 725. The second-order valence-electron chi connectivity index (χ2n) is 5.62. The topological polar surface area (TPSA) is 64.6 Å². The predicted octanol–water partition coefficient (Wildman–Crippen LogP) is 3.97. The van der Waals surface area contributed by atoms with E-state index in [2.05, 4.69) is 5.32 Å². The summed E-state index contributed by atoms with van der Waals surface area (Å²) in [6, 6.07) is 14.2. The molecule has 0 aliphatic carbocycles. The van der Waals surface area contributed by atoms with Crippen molar-refractivity contribution >= 4 is 17.6 Å². The number of ether oxygens (including phenoxy) is 2. The predicted molar refractivity (Wildman–Crippen MR) is 96.9 cm³/mol. The summed E-state index contributed by atoms with van der Waals surface area (Å²) < 4.78 is 10.7. The minimum absolute atomic E-state index is 0.260. The van der Waals surface area contributed by atoms with Crippen LogP contribution in [0.5, 0.6) is 5.75 Å². The van der Waals surface area contributed by atoms with Crippen LogP contribution >= 0.6 is 0 Å². The molecule has 0 radical (unpaired) electrons. The lowest BCUT2D eigenvalue weighted by molar-refractivity contribution is -0.122. The lowest BCUT2D eigenvalue weighted by Crippen LogP contribution is -2.32. The summed E-state index contributed by atoms with van der Waals surface area (Å²) in [6.07, 6.45) is -0.0916. The van der Waals surface area contributed by atoms with E-state index in [0.29, 0.717) is 30.0 Å². The first-order valence-corrected chi connectivity index (χ1v) is 8.34. The van der Waals surface area contributed by atoms with Gasteiger partial charge in [-0.3, -0.25) is 4.79 Å². The monoisotopic (exact) mass is 341 g/mol. The summed E-state index contributed by atoms with van der Waals surface area (Å²) in [6.45, 7) is 5.92. The van der Waals surface area contributed by atoms with E-state index in [0.717, 1.165) is 5.56 Å². The van der Waals surface area contributed by atoms with Crippen LogP contribution in [0.25, 0.3) is 0 Å². The van der Waals surface area contributed by atoms with E-state index in [9.17, 15) is 9.59 Å². The Morgan fingerprint density at radius 1 is 1.08 bits per heavy atom. The number of hydrogen-bond acceptors (Lipinski definition) is 4. The molecule has 2 aromatic rings. The van der Waals surface area contributed by atoms with Crippen molar-refractivity contribution in [1.82, 2.24) is 0 Å². The smallest absolute Gasteiger partial charge is 0.338 e. The third-order valence-electron chi connectivity index (χ3n) is 3.60. The fourth-order valence-corrected chi connectivity index (χ4v) is 2.26. The number of carbonyl (C=O) groups excluding carboxylic acids is 2. The molecule has 0 saturated heterocycles. The number of hydrogen-bond donors (Lipinski definition) is 1. The SMILES string of the molecule is CCOC(=O)c1cccc(NC(=O)[C@@H](CC)Oc2ccc(C)cc2)c1. The first-order chi connectivity index (χ1) is 12.0. The maximum Gasteiger partial charge on any atom is 0.338 e. The Morgan fingerprint density at radius 3 is 2.44 bits per heavy atom. The van der Waals surface area contributed by atoms with E-state index >= 15 is 0 Å². The van der Waals surface area contributed by atoms with Crippen molar-refractivity contribution in [2.24, 2.45) is 0 Å². The highest BCUT2D eigenvalue weighted by Crippen LogP contribution is 2.17. The summed E-state index contributed by atoms with van der Waals surface area (Å²) in [5.41, 5.74) is 2.05. The van der Waals surface area contributed by atoms with Gasteiger partial charge >= 0.3 is 5.97 Å². The van der Waals surface area contributed by atoms with Crippen LogP contribution in [-0.4, -0.2) is 24.6 Å². The molecule has 0 aliphatic heterocycles. The second kappa shape index (κ2) is 8.87. The van der Waals surface area contributed by atoms with Crippen molar-refractivity contribution in [3.63, 3.8) is 0 Å². The third kappa shape index (κ3) is 5.35. The summed E-state index contributed by atoms with van der Waals surface area (Å²) in [5.74, 6) is -0.0292. The number of rotatable bonds is 7. The summed E-state index contributed by atoms with van der Waals surface area (Å²) >= 11 is 0. The van der Waals surface area contributed by atoms with Gasteiger partial charge in [-0.25, -0.2) is 4.79 Å². The molecule has 1 N–H and O–H groups in total.